The summed E-state index contributed by atoms with van der Waals surface area (Å²) in [5.74, 6) is 1.47. The highest BCUT2D eigenvalue weighted by atomic mass is 14.9. The van der Waals surface area contributed by atoms with E-state index in [9.17, 15) is 0 Å². The van der Waals surface area contributed by atoms with Crippen molar-refractivity contribution < 1.29 is 0 Å². The normalized spacial score (nSPS) is 10.6. The summed E-state index contributed by atoms with van der Waals surface area (Å²) in [4.78, 5) is 16.0. The van der Waals surface area contributed by atoms with Crippen LogP contribution in [0.5, 0.6) is 0 Å². The number of rotatable bonds is 1. The first kappa shape index (κ1) is 11.4. The average molecular weight is 249 g/mol. The molecule has 5 heteroatoms. The van der Waals surface area contributed by atoms with Crippen molar-refractivity contribution in [2.45, 2.75) is 13.8 Å². The van der Waals surface area contributed by atoms with Gasteiger partial charge in [-0.05, 0) is 26.0 Å². The molecular formula is C14H11N5. The van der Waals surface area contributed by atoms with Crippen molar-refractivity contribution in [2.75, 3.05) is 0 Å². The maximum atomic E-state index is 8.95. The molecule has 3 aromatic rings. The zero-order valence-corrected chi connectivity index (χ0v) is 10.6. The topological polar surface area (TPSA) is 78.2 Å². The smallest absolute Gasteiger partial charge is 0.144 e. The van der Waals surface area contributed by atoms with Crippen LogP contribution in [0, 0.1) is 25.2 Å². The second kappa shape index (κ2) is 4.18. The summed E-state index contributed by atoms with van der Waals surface area (Å²) >= 11 is 0. The molecule has 92 valence electrons. The molecule has 19 heavy (non-hydrogen) atoms. The van der Waals surface area contributed by atoms with Gasteiger partial charge in [-0.2, -0.15) is 5.26 Å². The zero-order chi connectivity index (χ0) is 13.4. The summed E-state index contributed by atoms with van der Waals surface area (Å²) in [6.45, 7) is 3.70. The molecule has 0 atom stereocenters. The van der Waals surface area contributed by atoms with Gasteiger partial charge in [-0.15, -0.1) is 0 Å². The van der Waals surface area contributed by atoms with E-state index in [1.807, 2.05) is 31.2 Å². The number of H-pyrrole nitrogens is 1. The van der Waals surface area contributed by atoms with Crippen molar-refractivity contribution in [3.05, 3.63) is 41.6 Å². The first-order valence-electron chi connectivity index (χ1n) is 5.88. The first-order valence-corrected chi connectivity index (χ1v) is 5.88. The molecule has 3 rings (SSSR count). The van der Waals surface area contributed by atoms with Crippen LogP contribution in [0.1, 0.15) is 17.3 Å². The lowest BCUT2D eigenvalue weighted by molar-refractivity contribution is 1.04. The van der Waals surface area contributed by atoms with E-state index in [4.69, 9.17) is 5.26 Å². The Morgan fingerprint density at radius 1 is 1.11 bits per heavy atom. The maximum Gasteiger partial charge on any atom is 0.144 e. The van der Waals surface area contributed by atoms with E-state index in [2.05, 4.69) is 19.9 Å². The highest BCUT2D eigenvalue weighted by Gasteiger charge is 2.06. The van der Waals surface area contributed by atoms with Gasteiger partial charge in [0.05, 0.1) is 16.7 Å². The lowest BCUT2D eigenvalue weighted by atomic mass is 10.1. The minimum atomic E-state index is 0.378. The number of aromatic amines is 1. The van der Waals surface area contributed by atoms with E-state index in [0.717, 1.165) is 28.1 Å². The van der Waals surface area contributed by atoms with E-state index in [1.165, 1.54) is 0 Å². The molecule has 0 unspecified atom stereocenters. The van der Waals surface area contributed by atoms with Crippen LogP contribution in [0.15, 0.2) is 24.3 Å². The average Bonchev–Trinajstić information content (AvgIpc) is 2.76. The summed E-state index contributed by atoms with van der Waals surface area (Å²) in [7, 11) is 0. The summed E-state index contributed by atoms with van der Waals surface area (Å²) in [5.41, 5.74) is 3.96. The van der Waals surface area contributed by atoms with Crippen LogP contribution in [-0.4, -0.2) is 19.9 Å². The molecule has 0 fully saturated rings. The minimum Gasteiger partial charge on any atom is -0.342 e. The minimum absolute atomic E-state index is 0.378. The first-order chi connectivity index (χ1) is 9.15. The van der Waals surface area contributed by atoms with Crippen molar-refractivity contribution in [3.8, 4) is 17.3 Å². The van der Waals surface area contributed by atoms with Gasteiger partial charge in [0.2, 0.25) is 0 Å². The molecule has 0 bridgehead atoms. The van der Waals surface area contributed by atoms with Gasteiger partial charge in [0.1, 0.15) is 23.4 Å². The summed E-state index contributed by atoms with van der Waals surface area (Å²) in [6, 6.07) is 9.62. The molecule has 0 aliphatic heterocycles. The SMILES string of the molecule is Cc1nc(C#N)cc(-c2ccc3nc(C)[nH]c3c2)n1. The Bertz CT molecular complexity index is 810. The Hall–Kier alpha value is -2.74. The molecule has 1 aromatic carbocycles. The van der Waals surface area contributed by atoms with Gasteiger partial charge in [-0.25, -0.2) is 15.0 Å². The molecule has 0 aliphatic carbocycles. The molecule has 1 N–H and O–H groups in total. The number of hydrogen-bond donors (Lipinski definition) is 1. The summed E-state index contributed by atoms with van der Waals surface area (Å²) < 4.78 is 0. The Labute approximate surface area is 110 Å². The molecule has 0 aliphatic rings. The van der Waals surface area contributed by atoms with Gasteiger partial charge in [-0.1, -0.05) is 6.07 Å². The fourth-order valence-electron chi connectivity index (χ4n) is 2.07. The third-order valence-corrected chi connectivity index (χ3v) is 2.85. The van der Waals surface area contributed by atoms with Gasteiger partial charge >= 0.3 is 0 Å². The highest BCUT2D eigenvalue weighted by Crippen LogP contribution is 2.22. The van der Waals surface area contributed by atoms with Crippen LogP contribution in [0.25, 0.3) is 22.3 Å². The number of nitrogens with one attached hydrogen (secondary N) is 1. The lowest BCUT2D eigenvalue weighted by Crippen LogP contribution is -1.94. The van der Waals surface area contributed by atoms with E-state index in [0.29, 0.717) is 11.5 Å². The number of fused-ring (bicyclic) bond motifs is 1. The molecule has 5 nitrogen and oxygen atoms in total. The van der Waals surface area contributed by atoms with Gasteiger partial charge in [0, 0.05) is 11.6 Å². The van der Waals surface area contributed by atoms with E-state index in [-0.39, 0.29) is 0 Å². The zero-order valence-electron chi connectivity index (χ0n) is 10.6. The second-order valence-electron chi connectivity index (χ2n) is 4.35. The number of aromatic nitrogens is 4. The van der Waals surface area contributed by atoms with Crippen LogP contribution < -0.4 is 0 Å². The van der Waals surface area contributed by atoms with Crippen molar-refractivity contribution in [3.63, 3.8) is 0 Å². The second-order valence-corrected chi connectivity index (χ2v) is 4.35. The third-order valence-electron chi connectivity index (χ3n) is 2.85. The molecule has 0 saturated carbocycles. The lowest BCUT2D eigenvalue weighted by Gasteiger charge is -2.02. The van der Waals surface area contributed by atoms with Crippen LogP contribution in [0.3, 0.4) is 0 Å². The number of nitriles is 1. The van der Waals surface area contributed by atoms with E-state index in [1.54, 1.807) is 13.0 Å². The van der Waals surface area contributed by atoms with Gasteiger partial charge in [0.25, 0.3) is 0 Å². The fourth-order valence-corrected chi connectivity index (χ4v) is 2.07. The van der Waals surface area contributed by atoms with Crippen molar-refractivity contribution in [1.82, 2.24) is 19.9 Å². The predicted octanol–water partition coefficient (Wildman–Crippen LogP) is 2.51. The van der Waals surface area contributed by atoms with Gasteiger partial charge in [-0.3, -0.25) is 0 Å². The summed E-state index contributed by atoms with van der Waals surface area (Å²) in [5, 5.41) is 8.95. The quantitative estimate of drug-likeness (QED) is 0.718. The van der Waals surface area contributed by atoms with Crippen molar-refractivity contribution in [1.29, 1.82) is 5.26 Å². The van der Waals surface area contributed by atoms with Crippen LogP contribution in [-0.2, 0) is 0 Å². The predicted molar refractivity (Wildman–Crippen MR) is 71.3 cm³/mol. The monoisotopic (exact) mass is 249 g/mol. The third kappa shape index (κ3) is 2.04. The number of aryl methyl sites for hydroxylation is 2. The molecule has 0 amide bonds. The molecule has 2 aromatic heterocycles. The Kier molecular flexibility index (Phi) is 2.50. The fraction of sp³-hybridized carbons (Fsp3) is 0.143. The number of hydrogen-bond acceptors (Lipinski definition) is 4. The summed E-state index contributed by atoms with van der Waals surface area (Å²) in [6.07, 6.45) is 0. The van der Waals surface area contributed by atoms with E-state index < -0.39 is 0 Å². The van der Waals surface area contributed by atoms with Gasteiger partial charge < -0.3 is 4.98 Å². The van der Waals surface area contributed by atoms with Crippen LogP contribution in [0.2, 0.25) is 0 Å². The molecule has 2 heterocycles. The van der Waals surface area contributed by atoms with Crippen LogP contribution in [0.4, 0.5) is 0 Å². The van der Waals surface area contributed by atoms with Crippen molar-refractivity contribution >= 4 is 11.0 Å². The molecule has 0 saturated heterocycles. The number of imidazole rings is 1. The van der Waals surface area contributed by atoms with E-state index >= 15 is 0 Å². The van der Waals surface area contributed by atoms with Crippen molar-refractivity contribution in [2.24, 2.45) is 0 Å². The largest absolute Gasteiger partial charge is 0.342 e. The molecule has 0 radical (unpaired) electrons. The van der Waals surface area contributed by atoms with Gasteiger partial charge in [0.15, 0.2) is 0 Å². The van der Waals surface area contributed by atoms with Crippen LogP contribution >= 0.6 is 0 Å². The molecular weight excluding hydrogens is 238 g/mol. The standard InChI is InChI=1S/C14H11N5/c1-8-16-11(7-15)6-13(18-8)10-3-4-12-14(5-10)19-9(2)17-12/h3-6H,1-2H3,(H,17,19). The number of nitrogens with zero attached hydrogens (tertiary/aromatic N) is 4. The highest BCUT2D eigenvalue weighted by molar-refractivity contribution is 5.81. The Morgan fingerprint density at radius 3 is 2.74 bits per heavy atom. The Morgan fingerprint density at radius 2 is 1.95 bits per heavy atom. The maximum absolute atomic E-state index is 8.95. The molecule has 0 spiro atoms. The Balaban J connectivity index is 2.18. The number of benzene rings is 1.